The number of hydrogen-bond donors (Lipinski definition) is 2. The number of aromatic carboxylic acids is 1. The summed E-state index contributed by atoms with van der Waals surface area (Å²) in [5.41, 5.74) is 1.69. The summed E-state index contributed by atoms with van der Waals surface area (Å²) < 4.78 is 0. The van der Waals surface area contributed by atoms with Crippen LogP contribution in [0.2, 0.25) is 0 Å². The minimum atomic E-state index is -0.967. The van der Waals surface area contributed by atoms with E-state index in [2.05, 4.69) is 15.3 Å². The number of nitrogens with one attached hydrogen (secondary N) is 1. The van der Waals surface area contributed by atoms with Gasteiger partial charge in [-0.05, 0) is 13.0 Å². The summed E-state index contributed by atoms with van der Waals surface area (Å²) in [7, 11) is 0. The van der Waals surface area contributed by atoms with Crippen LogP contribution in [0.15, 0.2) is 23.8 Å². The van der Waals surface area contributed by atoms with Gasteiger partial charge in [-0.3, -0.25) is 4.98 Å². The van der Waals surface area contributed by atoms with E-state index in [0.717, 1.165) is 10.7 Å². The number of thiazole rings is 1. The molecule has 2 aromatic rings. The minimum Gasteiger partial charge on any atom is -0.478 e. The van der Waals surface area contributed by atoms with Crippen LogP contribution in [0.1, 0.15) is 21.1 Å². The lowest BCUT2D eigenvalue weighted by molar-refractivity contribution is 0.0698. The number of nitrogens with zero attached hydrogens (tertiary/aromatic N) is 2. The number of hydrogen-bond acceptors (Lipinski definition) is 5. The van der Waals surface area contributed by atoms with Gasteiger partial charge in [-0.1, -0.05) is 0 Å². The molecule has 5 nitrogen and oxygen atoms in total. The molecular formula is C11H11N3O2S. The number of carboxylic acid groups (broad SMARTS) is 1. The summed E-state index contributed by atoms with van der Waals surface area (Å²) in [4.78, 5) is 19.1. The zero-order valence-electron chi connectivity index (χ0n) is 9.17. The van der Waals surface area contributed by atoms with Crippen LogP contribution >= 0.6 is 11.3 Å². The van der Waals surface area contributed by atoms with Gasteiger partial charge in [0.1, 0.15) is 5.01 Å². The summed E-state index contributed by atoms with van der Waals surface area (Å²) in [5.74, 6) is -0.967. The van der Waals surface area contributed by atoms with Crippen molar-refractivity contribution in [2.24, 2.45) is 0 Å². The van der Waals surface area contributed by atoms with Crippen molar-refractivity contribution in [2.75, 3.05) is 5.32 Å². The van der Waals surface area contributed by atoms with E-state index in [9.17, 15) is 4.79 Å². The van der Waals surface area contributed by atoms with Gasteiger partial charge in [-0.25, -0.2) is 9.78 Å². The van der Waals surface area contributed by atoms with Crippen LogP contribution in [-0.4, -0.2) is 21.0 Å². The zero-order valence-corrected chi connectivity index (χ0v) is 9.99. The molecule has 6 heteroatoms. The van der Waals surface area contributed by atoms with Gasteiger partial charge in [-0.2, -0.15) is 0 Å². The Labute approximate surface area is 102 Å². The molecule has 88 valence electrons. The molecule has 0 aliphatic carbocycles. The van der Waals surface area contributed by atoms with Crippen molar-refractivity contribution in [1.29, 1.82) is 0 Å². The smallest absolute Gasteiger partial charge is 0.337 e. The first kappa shape index (κ1) is 11.5. The Bertz CT molecular complexity index is 539. The van der Waals surface area contributed by atoms with Crippen molar-refractivity contribution in [1.82, 2.24) is 9.97 Å². The second kappa shape index (κ2) is 4.92. The normalized spacial score (nSPS) is 10.2. The number of aryl methyl sites for hydroxylation is 1. The van der Waals surface area contributed by atoms with Crippen molar-refractivity contribution in [3.8, 4) is 0 Å². The van der Waals surface area contributed by atoms with E-state index in [1.807, 2.05) is 12.3 Å². The molecule has 0 spiro atoms. The number of pyridine rings is 1. The van der Waals surface area contributed by atoms with Crippen LogP contribution in [0.3, 0.4) is 0 Å². The maximum absolute atomic E-state index is 11.0. The van der Waals surface area contributed by atoms with Crippen LogP contribution in [0.4, 0.5) is 5.69 Å². The number of rotatable bonds is 4. The fraction of sp³-hybridized carbons (Fsp3) is 0.182. The highest BCUT2D eigenvalue weighted by Crippen LogP contribution is 2.16. The van der Waals surface area contributed by atoms with Crippen LogP contribution in [0, 0.1) is 6.92 Å². The molecule has 17 heavy (non-hydrogen) atoms. The average Bonchev–Trinajstić information content (AvgIpc) is 2.73. The molecule has 0 saturated heterocycles. The quantitative estimate of drug-likeness (QED) is 0.868. The molecule has 2 aromatic heterocycles. The van der Waals surface area contributed by atoms with E-state index in [4.69, 9.17) is 5.11 Å². The van der Waals surface area contributed by atoms with Crippen LogP contribution < -0.4 is 5.32 Å². The van der Waals surface area contributed by atoms with E-state index < -0.39 is 5.97 Å². The summed E-state index contributed by atoms with van der Waals surface area (Å²) in [6, 6.07) is 1.47. The van der Waals surface area contributed by atoms with Gasteiger partial charge < -0.3 is 10.4 Å². The topological polar surface area (TPSA) is 75.1 Å². The number of aromatic nitrogens is 2. The largest absolute Gasteiger partial charge is 0.478 e. The highest BCUT2D eigenvalue weighted by Gasteiger charge is 2.09. The highest BCUT2D eigenvalue weighted by atomic mass is 32.1. The van der Waals surface area contributed by atoms with E-state index in [1.165, 1.54) is 18.5 Å². The maximum atomic E-state index is 11.0. The summed E-state index contributed by atoms with van der Waals surface area (Å²) in [5, 5.41) is 14.9. The van der Waals surface area contributed by atoms with Crippen LogP contribution in [0.25, 0.3) is 0 Å². The lowest BCUT2D eigenvalue weighted by atomic mass is 10.2. The van der Waals surface area contributed by atoms with Gasteiger partial charge in [0.15, 0.2) is 0 Å². The Morgan fingerprint density at radius 3 is 3.06 bits per heavy atom. The number of anilines is 1. The zero-order chi connectivity index (χ0) is 12.3. The molecule has 0 aliphatic rings. The molecule has 0 aliphatic heterocycles. The van der Waals surface area contributed by atoms with Crippen LogP contribution in [0.5, 0.6) is 0 Å². The first-order chi connectivity index (χ1) is 8.16. The standard InChI is InChI=1S/C11H11N3O2S/c1-7-6-17-10(14-7)5-13-9-4-12-3-2-8(9)11(15)16/h2-4,6,13H,5H2,1H3,(H,15,16). The first-order valence-electron chi connectivity index (χ1n) is 4.99. The molecule has 0 saturated carbocycles. The Kier molecular flexibility index (Phi) is 3.34. The molecule has 2 N–H and O–H groups in total. The summed E-state index contributed by atoms with van der Waals surface area (Å²) in [6.45, 7) is 2.43. The van der Waals surface area contributed by atoms with E-state index >= 15 is 0 Å². The number of carboxylic acids is 1. The van der Waals surface area contributed by atoms with Gasteiger partial charge in [0.2, 0.25) is 0 Å². The predicted molar refractivity (Wildman–Crippen MR) is 65.4 cm³/mol. The minimum absolute atomic E-state index is 0.216. The van der Waals surface area contributed by atoms with Gasteiger partial charge in [0.25, 0.3) is 0 Å². The predicted octanol–water partition coefficient (Wildman–Crippen LogP) is 2.16. The maximum Gasteiger partial charge on any atom is 0.337 e. The van der Waals surface area contributed by atoms with E-state index in [1.54, 1.807) is 11.3 Å². The van der Waals surface area contributed by atoms with Crippen LogP contribution in [-0.2, 0) is 6.54 Å². The SMILES string of the molecule is Cc1csc(CNc2cnccc2C(=O)O)n1. The van der Waals surface area contributed by atoms with Gasteiger partial charge >= 0.3 is 5.97 Å². The van der Waals surface area contributed by atoms with E-state index in [0.29, 0.717) is 12.2 Å². The molecule has 2 heterocycles. The van der Waals surface area contributed by atoms with Crippen molar-refractivity contribution in [3.63, 3.8) is 0 Å². The van der Waals surface area contributed by atoms with Gasteiger partial charge in [0, 0.05) is 17.3 Å². The molecule has 0 bridgehead atoms. The number of carbonyl (C=O) groups is 1. The van der Waals surface area contributed by atoms with Crippen molar-refractivity contribution < 1.29 is 9.90 Å². The fourth-order valence-corrected chi connectivity index (χ4v) is 2.09. The molecule has 0 fully saturated rings. The summed E-state index contributed by atoms with van der Waals surface area (Å²) >= 11 is 1.54. The average molecular weight is 249 g/mol. The molecule has 0 atom stereocenters. The Hall–Kier alpha value is -1.95. The summed E-state index contributed by atoms with van der Waals surface area (Å²) in [6.07, 6.45) is 2.96. The Morgan fingerprint density at radius 1 is 1.59 bits per heavy atom. The first-order valence-corrected chi connectivity index (χ1v) is 5.87. The lowest BCUT2D eigenvalue weighted by Crippen LogP contribution is -2.06. The van der Waals surface area contributed by atoms with Crippen molar-refractivity contribution in [2.45, 2.75) is 13.5 Å². The monoisotopic (exact) mass is 249 g/mol. The van der Waals surface area contributed by atoms with Gasteiger partial charge in [-0.15, -0.1) is 11.3 Å². The lowest BCUT2D eigenvalue weighted by Gasteiger charge is -2.06. The third-order valence-corrected chi connectivity index (χ3v) is 3.11. The highest BCUT2D eigenvalue weighted by molar-refractivity contribution is 7.09. The molecule has 2 rings (SSSR count). The van der Waals surface area contributed by atoms with Crippen molar-refractivity contribution in [3.05, 3.63) is 40.1 Å². The second-order valence-corrected chi connectivity index (χ2v) is 4.41. The molecule has 0 aromatic carbocycles. The molecule has 0 unspecified atom stereocenters. The van der Waals surface area contributed by atoms with E-state index in [-0.39, 0.29) is 5.56 Å². The van der Waals surface area contributed by atoms with Crippen molar-refractivity contribution >= 4 is 23.0 Å². The molecular weight excluding hydrogens is 238 g/mol. The second-order valence-electron chi connectivity index (χ2n) is 3.46. The van der Waals surface area contributed by atoms with Gasteiger partial charge in [0.05, 0.1) is 24.0 Å². The third-order valence-electron chi connectivity index (χ3n) is 2.15. The Balaban J connectivity index is 2.11. The Morgan fingerprint density at radius 2 is 2.41 bits per heavy atom. The fourth-order valence-electron chi connectivity index (χ4n) is 1.38. The third kappa shape index (κ3) is 2.79. The molecule has 0 amide bonds. The molecule has 0 radical (unpaired) electrons.